The summed E-state index contributed by atoms with van der Waals surface area (Å²) in [6, 6.07) is 10.3. The van der Waals surface area contributed by atoms with Crippen LogP contribution in [-0.2, 0) is 6.18 Å². The lowest BCUT2D eigenvalue weighted by molar-refractivity contribution is -0.137. The zero-order valence-corrected chi connectivity index (χ0v) is 18.3. The van der Waals surface area contributed by atoms with Crippen molar-refractivity contribution in [3.8, 4) is 22.6 Å². The molecule has 0 aliphatic carbocycles. The minimum atomic E-state index is -4.51. The minimum absolute atomic E-state index is 0.0545. The highest BCUT2D eigenvalue weighted by molar-refractivity contribution is 6.00. The molecule has 4 rings (SSSR count). The summed E-state index contributed by atoms with van der Waals surface area (Å²) < 4.78 is 47.0. The SMILES string of the molecule is CC(O)c1cc(C(F)(F)F)ccc1Oc1ccc(-c2cn(C(C)C)c3ncnc(N)c23)cc1. The Bertz CT molecular complexity index is 1300. The first-order valence-electron chi connectivity index (χ1n) is 10.3. The average molecular weight is 456 g/mol. The van der Waals surface area contributed by atoms with E-state index in [-0.39, 0.29) is 17.4 Å². The second kappa shape index (κ2) is 8.40. The van der Waals surface area contributed by atoms with Crippen molar-refractivity contribution in [2.24, 2.45) is 0 Å². The van der Waals surface area contributed by atoms with Crippen LogP contribution in [-0.4, -0.2) is 19.6 Å². The van der Waals surface area contributed by atoms with E-state index in [1.807, 2.05) is 36.7 Å². The van der Waals surface area contributed by atoms with Crippen LogP contribution in [0.4, 0.5) is 19.0 Å². The first-order valence-corrected chi connectivity index (χ1v) is 10.3. The molecule has 0 aliphatic rings. The predicted molar refractivity (Wildman–Crippen MR) is 120 cm³/mol. The average Bonchev–Trinajstić information content (AvgIpc) is 3.15. The molecule has 0 aliphatic heterocycles. The van der Waals surface area contributed by atoms with Gasteiger partial charge in [0.15, 0.2) is 0 Å². The molecule has 2 aromatic heterocycles. The maximum Gasteiger partial charge on any atom is 0.416 e. The van der Waals surface area contributed by atoms with E-state index in [9.17, 15) is 18.3 Å². The van der Waals surface area contributed by atoms with Gasteiger partial charge in [-0.15, -0.1) is 0 Å². The van der Waals surface area contributed by atoms with Gasteiger partial charge in [-0.05, 0) is 56.7 Å². The molecule has 6 nitrogen and oxygen atoms in total. The summed E-state index contributed by atoms with van der Waals surface area (Å²) in [6.45, 7) is 5.48. The number of rotatable bonds is 5. The standard InChI is InChI=1S/C24H23F3N4O2/c1-13(2)31-11-19(21-22(28)29-12-30-23(21)31)15-4-7-17(8-5-15)33-20-9-6-16(24(25,26)27)10-18(20)14(3)32/h4-14,32H,1-3H3,(H2,28,29,30). The fourth-order valence-corrected chi connectivity index (χ4v) is 3.69. The smallest absolute Gasteiger partial charge is 0.416 e. The van der Waals surface area contributed by atoms with Crippen molar-refractivity contribution in [3.05, 3.63) is 66.1 Å². The largest absolute Gasteiger partial charge is 0.457 e. The zero-order valence-electron chi connectivity index (χ0n) is 18.3. The summed E-state index contributed by atoms with van der Waals surface area (Å²) in [5, 5.41) is 10.7. The highest BCUT2D eigenvalue weighted by Gasteiger charge is 2.31. The number of hydrogen-bond acceptors (Lipinski definition) is 5. The molecule has 1 unspecified atom stereocenters. The third-order valence-electron chi connectivity index (χ3n) is 5.38. The Morgan fingerprint density at radius 1 is 1.03 bits per heavy atom. The van der Waals surface area contributed by atoms with Crippen LogP contribution in [0.5, 0.6) is 11.5 Å². The van der Waals surface area contributed by atoms with Gasteiger partial charge >= 0.3 is 6.18 Å². The van der Waals surface area contributed by atoms with Gasteiger partial charge in [0, 0.05) is 23.4 Å². The van der Waals surface area contributed by atoms with Gasteiger partial charge in [-0.1, -0.05) is 12.1 Å². The molecule has 0 spiro atoms. The van der Waals surface area contributed by atoms with E-state index in [4.69, 9.17) is 10.5 Å². The maximum atomic E-state index is 13.0. The highest BCUT2D eigenvalue weighted by Crippen LogP contribution is 2.38. The molecular formula is C24H23F3N4O2. The highest BCUT2D eigenvalue weighted by atomic mass is 19.4. The van der Waals surface area contributed by atoms with Gasteiger partial charge in [0.2, 0.25) is 0 Å². The zero-order chi connectivity index (χ0) is 23.9. The fraction of sp³-hybridized carbons (Fsp3) is 0.250. The molecular weight excluding hydrogens is 433 g/mol. The monoisotopic (exact) mass is 456 g/mol. The number of nitrogens with zero attached hydrogens (tertiary/aromatic N) is 3. The van der Waals surface area contributed by atoms with Crippen LogP contribution in [0.3, 0.4) is 0 Å². The van der Waals surface area contributed by atoms with E-state index in [1.165, 1.54) is 19.3 Å². The second-order valence-electron chi connectivity index (χ2n) is 8.05. The van der Waals surface area contributed by atoms with E-state index in [1.54, 1.807) is 12.1 Å². The lowest BCUT2D eigenvalue weighted by atomic mass is 10.0. The molecule has 0 bridgehead atoms. The van der Waals surface area contributed by atoms with E-state index in [2.05, 4.69) is 9.97 Å². The van der Waals surface area contributed by atoms with Gasteiger partial charge in [-0.25, -0.2) is 9.97 Å². The lowest BCUT2D eigenvalue weighted by Crippen LogP contribution is -2.07. The quantitative estimate of drug-likeness (QED) is 0.378. The number of ether oxygens (including phenoxy) is 1. The van der Waals surface area contributed by atoms with Gasteiger partial charge in [-0.2, -0.15) is 13.2 Å². The molecule has 0 amide bonds. The molecule has 0 saturated heterocycles. The van der Waals surface area contributed by atoms with E-state index < -0.39 is 17.8 Å². The Morgan fingerprint density at radius 3 is 2.33 bits per heavy atom. The number of nitrogen functional groups attached to an aromatic ring is 1. The molecule has 172 valence electrons. The van der Waals surface area contributed by atoms with Gasteiger partial charge in [0.1, 0.15) is 29.3 Å². The number of alkyl halides is 3. The Hall–Kier alpha value is -3.59. The van der Waals surface area contributed by atoms with Crippen LogP contribution in [0.25, 0.3) is 22.2 Å². The number of aliphatic hydroxyl groups excluding tert-OH is 1. The van der Waals surface area contributed by atoms with Gasteiger partial charge in [0.25, 0.3) is 0 Å². The molecule has 0 fully saturated rings. The molecule has 3 N–H and O–H groups in total. The van der Waals surface area contributed by atoms with Crippen molar-refractivity contribution in [2.45, 2.75) is 39.1 Å². The minimum Gasteiger partial charge on any atom is -0.457 e. The van der Waals surface area contributed by atoms with E-state index in [0.29, 0.717) is 11.6 Å². The molecule has 2 heterocycles. The Kier molecular flexibility index (Phi) is 5.75. The number of aliphatic hydroxyl groups is 1. The third-order valence-corrected chi connectivity index (χ3v) is 5.38. The van der Waals surface area contributed by atoms with Crippen LogP contribution < -0.4 is 10.5 Å². The van der Waals surface area contributed by atoms with Gasteiger partial charge < -0.3 is 20.1 Å². The van der Waals surface area contributed by atoms with Crippen molar-refractivity contribution in [3.63, 3.8) is 0 Å². The summed E-state index contributed by atoms with van der Waals surface area (Å²) >= 11 is 0. The predicted octanol–water partition coefficient (Wildman–Crippen LogP) is 6.13. The summed E-state index contributed by atoms with van der Waals surface area (Å²) in [5.41, 5.74) is 7.80. The number of hydrogen-bond donors (Lipinski definition) is 2. The molecule has 1 atom stereocenters. The van der Waals surface area contributed by atoms with Crippen LogP contribution in [0, 0.1) is 0 Å². The van der Waals surface area contributed by atoms with E-state index >= 15 is 0 Å². The molecule has 2 aromatic carbocycles. The van der Waals surface area contributed by atoms with E-state index in [0.717, 1.165) is 34.3 Å². The molecule has 0 radical (unpaired) electrons. The summed E-state index contributed by atoms with van der Waals surface area (Å²) in [7, 11) is 0. The van der Waals surface area contributed by atoms with Crippen LogP contribution in [0.1, 0.15) is 44.0 Å². The summed E-state index contributed by atoms with van der Waals surface area (Å²) in [5.74, 6) is 0.943. The van der Waals surface area contributed by atoms with Crippen LogP contribution in [0.2, 0.25) is 0 Å². The number of nitrogens with two attached hydrogens (primary N) is 1. The van der Waals surface area contributed by atoms with Gasteiger partial charge in [-0.3, -0.25) is 0 Å². The summed E-state index contributed by atoms with van der Waals surface area (Å²) in [6.07, 6.45) is -2.24. The number of benzene rings is 2. The Morgan fingerprint density at radius 2 is 1.73 bits per heavy atom. The molecule has 4 aromatic rings. The molecule has 33 heavy (non-hydrogen) atoms. The van der Waals surface area contributed by atoms with Crippen molar-refractivity contribution in [1.29, 1.82) is 0 Å². The van der Waals surface area contributed by atoms with Crippen LogP contribution in [0.15, 0.2) is 55.0 Å². The van der Waals surface area contributed by atoms with Crippen molar-refractivity contribution >= 4 is 16.9 Å². The number of anilines is 1. The molecule has 0 saturated carbocycles. The number of fused-ring (bicyclic) bond motifs is 1. The fourth-order valence-electron chi connectivity index (χ4n) is 3.69. The van der Waals surface area contributed by atoms with Crippen molar-refractivity contribution in [2.75, 3.05) is 5.73 Å². The number of halogens is 3. The second-order valence-corrected chi connectivity index (χ2v) is 8.05. The topological polar surface area (TPSA) is 86.2 Å². The Balaban J connectivity index is 1.68. The first-order chi connectivity index (χ1) is 15.6. The Labute approximate surface area is 188 Å². The lowest BCUT2D eigenvalue weighted by Gasteiger charge is -2.16. The first kappa shape index (κ1) is 22.6. The van der Waals surface area contributed by atoms with Crippen molar-refractivity contribution in [1.82, 2.24) is 14.5 Å². The normalized spacial score (nSPS) is 13.0. The number of aromatic nitrogens is 3. The van der Waals surface area contributed by atoms with Crippen LogP contribution >= 0.6 is 0 Å². The van der Waals surface area contributed by atoms with Gasteiger partial charge in [0.05, 0.1) is 17.1 Å². The third kappa shape index (κ3) is 4.36. The van der Waals surface area contributed by atoms with Crippen molar-refractivity contribution < 1.29 is 23.0 Å². The molecule has 9 heteroatoms. The maximum absolute atomic E-state index is 13.0. The summed E-state index contributed by atoms with van der Waals surface area (Å²) in [4.78, 5) is 8.49.